The van der Waals surface area contributed by atoms with Gasteiger partial charge in [0, 0.05) is 17.8 Å². The first-order valence-electron chi connectivity index (χ1n) is 6.07. The van der Waals surface area contributed by atoms with Crippen molar-refractivity contribution in [1.29, 1.82) is 0 Å². The summed E-state index contributed by atoms with van der Waals surface area (Å²) in [6.07, 6.45) is 0. The Morgan fingerprint density at radius 3 is 2.67 bits per heavy atom. The molecule has 4 heteroatoms. The summed E-state index contributed by atoms with van der Waals surface area (Å²) in [6.45, 7) is 8.57. The van der Waals surface area contributed by atoms with E-state index in [1.54, 1.807) is 6.07 Å². The lowest BCUT2D eigenvalue weighted by atomic mass is 9.88. The minimum atomic E-state index is -0.476. The number of rotatable bonds is 5. The maximum atomic E-state index is 10.6. The lowest BCUT2D eigenvalue weighted by Gasteiger charge is -2.29. The van der Waals surface area contributed by atoms with Crippen LogP contribution in [0.1, 0.15) is 27.7 Å². The highest BCUT2D eigenvalue weighted by molar-refractivity contribution is 5.75. The lowest BCUT2D eigenvalue weighted by Crippen LogP contribution is -2.30. The zero-order chi connectivity index (χ0) is 13.8. The van der Waals surface area contributed by atoms with Gasteiger partial charge >= 0.3 is 0 Å². The fraction of sp³-hybridized carbons (Fsp3) is 0.500. The van der Waals surface area contributed by atoms with Gasteiger partial charge in [0.05, 0.1) is 0 Å². The fourth-order valence-electron chi connectivity index (χ4n) is 1.30. The number of anilines is 1. The number of ether oxygens (including phenoxy) is 1. The summed E-state index contributed by atoms with van der Waals surface area (Å²) in [5.74, 6) is 0.163. The Bertz CT molecular complexity index is 411. The molecule has 1 amide bonds. The molecule has 18 heavy (non-hydrogen) atoms. The van der Waals surface area contributed by atoms with Crippen LogP contribution in [0.15, 0.2) is 24.3 Å². The van der Waals surface area contributed by atoms with Crippen molar-refractivity contribution in [3.05, 3.63) is 24.3 Å². The van der Waals surface area contributed by atoms with Gasteiger partial charge in [-0.1, -0.05) is 26.8 Å². The van der Waals surface area contributed by atoms with Crippen molar-refractivity contribution in [2.75, 3.05) is 11.9 Å². The van der Waals surface area contributed by atoms with Crippen LogP contribution in [-0.2, 0) is 4.79 Å². The van der Waals surface area contributed by atoms with Gasteiger partial charge in [0.1, 0.15) is 5.75 Å². The highest BCUT2D eigenvalue weighted by Crippen LogP contribution is 2.24. The molecule has 0 spiro atoms. The first-order chi connectivity index (χ1) is 8.29. The molecule has 0 heterocycles. The van der Waals surface area contributed by atoms with Crippen molar-refractivity contribution in [2.45, 2.75) is 33.7 Å². The summed E-state index contributed by atoms with van der Waals surface area (Å²) in [5, 5.41) is 3.41. The molecule has 0 saturated carbocycles. The molecular formula is C14H22N2O2. The molecule has 1 rings (SSSR count). The summed E-state index contributed by atoms with van der Waals surface area (Å²) in [6, 6.07) is 7.85. The standard InChI is InChI=1S/C14H22N2O2/c1-10(14(2,3)4)16-11-6-5-7-12(8-11)18-9-13(15)17/h5-8,10,16H,9H2,1-4H3,(H2,15,17)/t10-/m0/s1. The quantitative estimate of drug-likeness (QED) is 0.843. The van der Waals surface area contributed by atoms with Gasteiger partial charge in [0.15, 0.2) is 6.61 Å². The van der Waals surface area contributed by atoms with E-state index in [0.717, 1.165) is 5.69 Å². The maximum absolute atomic E-state index is 10.6. The average Bonchev–Trinajstić information content (AvgIpc) is 2.25. The Balaban J connectivity index is 2.67. The zero-order valence-electron chi connectivity index (χ0n) is 11.5. The highest BCUT2D eigenvalue weighted by atomic mass is 16.5. The van der Waals surface area contributed by atoms with Gasteiger partial charge in [-0.25, -0.2) is 0 Å². The molecule has 0 radical (unpaired) electrons. The topological polar surface area (TPSA) is 64.3 Å². The number of carbonyl (C=O) groups excluding carboxylic acids is 1. The van der Waals surface area contributed by atoms with Crippen LogP contribution in [0.3, 0.4) is 0 Å². The molecule has 0 fully saturated rings. The van der Waals surface area contributed by atoms with E-state index in [0.29, 0.717) is 11.8 Å². The van der Waals surface area contributed by atoms with E-state index in [-0.39, 0.29) is 12.0 Å². The smallest absolute Gasteiger partial charge is 0.255 e. The first kappa shape index (κ1) is 14.4. The first-order valence-corrected chi connectivity index (χ1v) is 6.07. The second-order valence-corrected chi connectivity index (χ2v) is 5.51. The molecule has 0 saturated heterocycles. The number of hydrogen-bond acceptors (Lipinski definition) is 3. The molecular weight excluding hydrogens is 228 g/mol. The predicted molar refractivity (Wildman–Crippen MR) is 73.7 cm³/mol. The third-order valence-corrected chi connectivity index (χ3v) is 2.90. The molecule has 0 aliphatic rings. The Hall–Kier alpha value is -1.71. The summed E-state index contributed by atoms with van der Waals surface area (Å²) >= 11 is 0. The van der Waals surface area contributed by atoms with Crippen LogP contribution in [0, 0.1) is 5.41 Å². The Morgan fingerprint density at radius 1 is 1.44 bits per heavy atom. The number of amides is 1. The van der Waals surface area contributed by atoms with Gasteiger partial charge in [-0.3, -0.25) is 4.79 Å². The van der Waals surface area contributed by atoms with Crippen molar-refractivity contribution in [3.63, 3.8) is 0 Å². The van der Waals surface area contributed by atoms with Gasteiger partial charge in [-0.15, -0.1) is 0 Å². The van der Waals surface area contributed by atoms with Gasteiger partial charge in [0.2, 0.25) is 0 Å². The fourth-order valence-corrected chi connectivity index (χ4v) is 1.30. The largest absolute Gasteiger partial charge is 0.484 e. The monoisotopic (exact) mass is 250 g/mol. The van der Waals surface area contributed by atoms with E-state index in [4.69, 9.17) is 10.5 Å². The van der Waals surface area contributed by atoms with Crippen LogP contribution in [0.25, 0.3) is 0 Å². The van der Waals surface area contributed by atoms with E-state index in [1.807, 2.05) is 18.2 Å². The van der Waals surface area contributed by atoms with E-state index >= 15 is 0 Å². The van der Waals surface area contributed by atoms with Crippen molar-refractivity contribution in [2.24, 2.45) is 11.1 Å². The second kappa shape index (κ2) is 5.76. The Kier molecular flexibility index (Phi) is 4.59. The lowest BCUT2D eigenvalue weighted by molar-refractivity contribution is -0.119. The highest BCUT2D eigenvalue weighted by Gasteiger charge is 2.19. The average molecular weight is 250 g/mol. The Labute approximate surface area is 109 Å². The summed E-state index contributed by atoms with van der Waals surface area (Å²) in [4.78, 5) is 10.6. The molecule has 1 aromatic carbocycles. The van der Waals surface area contributed by atoms with Crippen molar-refractivity contribution < 1.29 is 9.53 Å². The molecule has 0 aliphatic carbocycles. The number of benzene rings is 1. The molecule has 4 nitrogen and oxygen atoms in total. The van der Waals surface area contributed by atoms with Crippen LogP contribution in [-0.4, -0.2) is 18.6 Å². The summed E-state index contributed by atoms with van der Waals surface area (Å²) < 4.78 is 5.26. The number of primary amides is 1. The van der Waals surface area contributed by atoms with Crippen LogP contribution in [0.2, 0.25) is 0 Å². The van der Waals surface area contributed by atoms with E-state index in [1.165, 1.54) is 0 Å². The van der Waals surface area contributed by atoms with Crippen LogP contribution < -0.4 is 15.8 Å². The molecule has 100 valence electrons. The number of nitrogens with two attached hydrogens (primary N) is 1. The van der Waals surface area contributed by atoms with Crippen molar-refractivity contribution in [3.8, 4) is 5.75 Å². The number of hydrogen-bond donors (Lipinski definition) is 2. The van der Waals surface area contributed by atoms with Crippen LogP contribution in [0.5, 0.6) is 5.75 Å². The predicted octanol–water partition coefficient (Wildman–Crippen LogP) is 2.40. The van der Waals surface area contributed by atoms with Crippen LogP contribution >= 0.6 is 0 Å². The number of nitrogens with one attached hydrogen (secondary N) is 1. The summed E-state index contributed by atoms with van der Waals surface area (Å²) in [7, 11) is 0. The van der Waals surface area contributed by atoms with Gasteiger partial charge < -0.3 is 15.8 Å². The third-order valence-electron chi connectivity index (χ3n) is 2.90. The SMILES string of the molecule is C[C@H](Nc1cccc(OCC(N)=O)c1)C(C)(C)C. The van der Waals surface area contributed by atoms with Gasteiger partial charge in [-0.2, -0.15) is 0 Å². The van der Waals surface area contributed by atoms with Gasteiger partial charge in [0.25, 0.3) is 5.91 Å². The Morgan fingerprint density at radius 2 is 2.11 bits per heavy atom. The van der Waals surface area contributed by atoms with E-state index in [2.05, 4.69) is 33.0 Å². The molecule has 1 aromatic rings. The second-order valence-electron chi connectivity index (χ2n) is 5.51. The third kappa shape index (κ3) is 4.65. The normalized spacial score (nSPS) is 12.9. The van der Waals surface area contributed by atoms with Gasteiger partial charge in [-0.05, 0) is 24.5 Å². The minimum Gasteiger partial charge on any atom is -0.484 e. The number of carbonyl (C=O) groups is 1. The maximum Gasteiger partial charge on any atom is 0.255 e. The van der Waals surface area contributed by atoms with Crippen LogP contribution in [0.4, 0.5) is 5.69 Å². The van der Waals surface area contributed by atoms with E-state index < -0.39 is 5.91 Å². The molecule has 1 atom stereocenters. The van der Waals surface area contributed by atoms with E-state index in [9.17, 15) is 4.79 Å². The molecule has 0 bridgehead atoms. The molecule has 0 aromatic heterocycles. The van der Waals surface area contributed by atoms with Crippen molar-refractivity contribution >= 4 is 11.6 Å². The minimum absolute atomic E-state index is 0.0989. The molecule has 0 unspecified atom stereocenters. The molecule has 0 aliphatic heterocycles. The zero-order valence-corrected chi connectivity index (χ0v) is 11.5. The summed E-state index contributed by atoms with van der Waals surface area (Å²) in [5.41, 5.74) is 6.18. The van der Waals surface area contributed by atoms with Crippen molar-refractivity contribution in [1.82, 2.24) is 0 Å². The molecule has 3 N–H and O–H groups in total.